The summed E-state index contributed by atoms with van der Waals surface area (Å²) in [4.78, 5) is 16.6. The molecule has 0 saturated carbocycles. The maximum atomic E-state index is 11.7. The van der Waals surface area contributed by atoms with Crippen LogP contribution in [0.5, 0.6) is 11.5 Å². The van der Waals surface area contributed by atoms with E-state index in [1.54, 1.807) is 7.11 Å². The van der Waals surface area contributed by atoms with Crippen molar-refractivity contribution < 1.29 is 19.0 Å². The van der Waals surface area contributed by atoms with E-state index in [4.69, 9.17) is 14.2 Å². The minimum absolute atomic E-state index is 0.0224. The van der Waals surface area contributed by atoms with Crippen LogP contribution in [0.25, 0.3) is 0 Å². The number of anilines is 2. The smallest absolute Gasteiger partial charge is 0.224 e. The number of aryl methyl sites for hydroxylation is 1. The summed E-state index contributed by atoms with van der Waals surface area (Å²) in [6.07, 6.45) is 1.30. The van der Waals surface area contributed by atoms with Crippen molar-refractivity contribution in [2.75, 3.05) is 63.3 Å². The molecule has 2 aromatic carbocycles. The molecule has 1 atom stereocenters. The molecule has 184 valence electrons. The van der Waals surface area contributed by atoms with Gasteiger partial charge in [0.1, 0.15) is 24.2 Å². The number of methoxy groups -OCH3 is 1. The van der Waals surface area contributed by atoms with Gasteiger partial charge in [0, 0.05) is 57.5 Å². The van der Waals surface area contributed by atoms with Crippen LogP contribution >= 0.6 is 0 Å². The number of ether oxygens (including phenoxy) is 3. The van der Waals surface area contributed by atoms with Gasteiger partial charge in [0.15, 0.2) is 0 Å². The minimum atomic E-state index is -0.0224. The SMILES string of the molecule is COc1ccccc1N1CCN(CC(COc2ccc3c(c2)NC(=O)CC3)OCC(C)C)CC1. The Morgan fingerprint density at radius 1 is 1.00 bits per heavy atom. The molecule has 7 nitrogen and oxygen atoms in total. The van der Waals surface area contributed by atoms with E-state index in [1.807, 2.05) is 30.3 Å². The van der Waals surface area contributed by atoms with Crippen LogP contribution in [0.1, 0.15) is 25.8 Å². The summed E-state index contributed by atoms with van der Waals surface area (Å²) in [5, 5.41) is 2.95. The predicted octanol–water partition coefficient (Wildman–Crippen LogP) is 3.82. The van der Waals surface area contributed by atoms with Crippen LogP contribution in [0.15, 0.2) is 42.5 Å². The number of nitrogens with zero attached hydrogens (tertiary/aromatic N) is 2. The zero-order valence-electron chi connectivity index (χ0n) is 20.6. The third kappa shape index (κ3) is 6.42. The molecule has 1 amide bonds. The Bertz CT molecular complexity index is 957. The molecule has 1 saturated heterocycles. The lowest BCUT2D eigenvalue weighted by Gasteiger charge is -2.38. The lowest BCUT2D eigenvalue weighted by atomic mass is 10.0. The molecule has 34 heavy (non-hydrogen) atoms. The van der Waals surface area contributed by atoms with Gasteiger partial charge in [0.2, 0.25) is 5.91 Å². The first-order valence-electron chi connectivity index (χ1n) is 12.3. The summed E-state index contributed by atoms with van der Waals surface area (Å²) in [7, 11) is 1.72. The zero-order valence-corrected chi connectivity index (χ0v) is 20.6. The van der Waals surface area contributed by atoms with E-state index in [9.17, 15) is 4.79 Å². The maximum absolute atomic E-state index is 11.7. The highest BCUT2D eigenvalue weighted by Crippen LogP contribution is 2.29. The molecule has 4 rings (SSSR count). The molecule has 0 spiro atoms. The Kier molecular flexibility index (Phi) is 8.29. The van der Waals surface area contributed by atoms with Crippen molar-refractivity contribution in [3.63, 3.8) is 0 Å². The highest BCUT2D eigenvalue weighted by molar-refractivity contribution is 5.94. The quantitative estimate of drug-likeness (QED) is 0.573. The van der Waals surface area contributed by atoms with Gasteiger partial charge < -0.3 is 24.4 Å². The number of nitrogens with one attached hydrogen (secondary N) is 1. The monoisotopic (exact) mass is 467 g/mol. The van der Waals surface area contributed by atoms with Crippen molar-refractivity contribution in [1.29, 1.82) is 0 Å². The summed E-state index contributed by atoms with van der Waals surface area (Å²) < 4.78 is 17.9. The summed E-state index contributed by atoms with van der Waals surface area (Å²) >= 11 is 0. The number of carbonyl (C=O) groups is 1. The topological polar surface area (TPSA) is 63.3 Å². The number of fused-ring (bicyclic) bond motifs is 1. The number of rotatable bonds is 10. The summed E-state index contributed by atoms with van der Waals surface area (Å²) in [5.41, 5.74) is 3.17. The molecule has 7 heteroatoms. The van der Waals surface area contributed by atoms with Gasteiger partial charge >= 0.3 is 0 Å². The highest BCUT2D eigenvalue weighted by atomic mass is 16.5. The second-order valence-corrected chi connectivity index (χ2v) is 9.49. The number of amides is 1. The Balaban J connectivity index is 1.33. The Morgan fingerprint density at radius 3 is 2.56 bits per heavy atom. The number of benzene rings is 2. The van der Waals surface area contributed by atoms with Gasteiger partial charge in [-0.05, 0) is 36.1 Å². The molecule has 1 N–H and O–H groups in total. The highest BCUT2D eigenvalue weighted by Gasteiger charge is 2.23. The van der Waals surface area contributed by atoms with Gasteiger partial charge in [-0.1, -0.05) is 32.0 Å². The number of para-hydroxylation sites is 2. The number of carbonyl (C=O) groups excluding carboxylic acids is 1. The normalized spacial score (nSPS) is 17.3. The first-order valence-corrected chi connectivity index (χ1v) is 12.3. The van der Waals surface area contributed by atoms with E-state index < -0.39 is 0 Å². The summed E-state index contributed by atoms with van der Waals surface area (Å²) in [6, 6.07) is 14.2. The lowest BCUT2D eigenvalue weighted by Crippen LogP contribution is -2.50. The van der Waals surface area contributed by atoms with Gasteiger partial charge in [0.05, 0.1) is 12.8 Å². The molecule has 2 heterocycles. The fourth-order valence-corrected chi connectivity index (χ4v) is 4.46. The third-order valence-electron chi connectivity index (χ3n) is 6.34. The predicted molar refractivity (Wildman–Crippen MR) is 135 cm³/mol. The first kappa shape index (κ1) is 24.4. The fourth-order valence-electron chi connectivity index (χ4n) is 4.46. The summed E-state index contributed by atoms with van der Waals surface area (Å²) in [5.74, 6) is 2.21. The Hall–Kier alpha value is -2.77. The van der Waals surface area contributed by atoms with E-state index in [2.05, 4.69) is 41.1 Å². The molecule has 0 aliphatic carbocycles. The fraction of sp³-hybridized carbons (Fsp3) is 0.519. The second kappa shape index (κ2) is 11.6. The van der Waals surface area contributed by atoms with Crippen LogP contribution in [0.2, 0.25) is 0 Å². The van der Waals surface area contributed by atoms with Crippen molar-refractivity contribution in [1.82, 2.24) is 4.90 Å². The molecular weight excluding hydrogens is 430 g/mol. The first-order chi connectivity index (χ1) is 16.5. The average molecular weight is 468 g/mol. The van der Waals surface area contributed by atoms with Gasteiger partial charge in [0.25, 0.3) is 0 Å². The van der Waals surface area contributed by atoms with Gasteiger partial charge in [-0.25, -0.2) is 0 Å². The van der Waals surface area contributed by atoms with E-state index in [0.29, 0.717) is 25.6 Å². The molecule has 2 aliphatic rings. The molecule has 1 fully saturated rings. The van der Waals surface area contributed by atoms with Gasteiger partial charge in [-0.2, -0.15) is 0 Å². The Labute approximate surface area is 203 Å². The number of hydrogen-bond donors (Lipinski definition) is 1. The third-order valence-corrected chi connectivity index (χ3v) is 6.34. The molecule has 0 radical (unpaired) electrons. The van der Waals surface area contributed by atoms with Crippen molar-refractivity contribution in [3.05, 3.63) is 48.0 Å². The van der Waals surface area contributed by atoms with E-state index in [1.165, 1.54) is 0 Å². The minimum Gasteiger partial charge on any atom is -0.495 e. The molecular formula is C27H37N3O4. The van der Waals surface area contributed by atoms with Gasteiger partial charge in [-0.3, -0.25) is 9.69 Å². The average Bonchev–Trinajstić information content (AvgIpc) is 2.85. The van der Waals surface area contributed by atoms with Crippen LogP contribution in [0.4, 0.5) is 11.4 Å². The van der Waals surface area contributed by atoms with Crippen molar-refractivity contribution in [3.8, 4) is 11.5 Å². The van der Waals surface area contributed by atoms with Crippen LogP contribution < -0.4 is 19.7 Å². The van der Waals surface area contributed by atoms with Crippen LogP contribution in [-0.4, -0.2) is 70.0 Å². The number of piperazine rings is 1. The zero-order chi connectivity index (χ0) is 23.9. The van der Waals surface area contributed by atoms with Crippen LogP contribution in [0, 0.1) is 5.92 Å². The van der Waals surface area contributed by atoms with E-state index >= 15 is 0 Å². The molecule has 2 aliphatic heterocycles. The van der Waals surface area contributed by atoms with E-state index in [-0.39, 0.29) is 12.0 Å². The largest absolute Gasteiger partial charge is 0.495 e. The van der Waals surface area contributed by atoms with E-state index in [0.717, 1.165) is 67.6 Å². The summed E-state index contributed by atoms with van der Waals surface area (Å²) in [6.45, 7) is 10.2. The maximum Gasteiger partial charge on any atom is 0.224 e. The van der Waals surface area contributed by atoms with Crippen molar-refractivity contribution >= 4 is 17.3 Å². The van der Waals surface area contributed by atoms with Crippen LogP contribution in [0.3, 0.4) is 0 Å². The molecule has 1 unspecified atom stereocenters. The number of hydrogen-bond acceptors (Lipinski definition) is 6. The Morgan fingerprint density at radius 2 is 1.79 bits per heavy atom. The lowest BCUT2D eigenvalue weighted by molar-refractivity contribution is -0.116. The standard InChI is InChI=1S/C27H37N3O4/c1-20(2)18-33-23(19-34-22-10-8-21-9-11-27(31)28-24(21)16-22)17-29-12-14-30(15-13-29)25-6-4-5-7-26(25)32-3/h4-8,10,16,20,23H,9,11-15,17-19H2,1-3H3,(H,28,31). The second-order valence-electron chi connectivity index (χ2n) is 9.49. The molecule has 0 bridgehead atoms. The van der Waals surface area contributed by atoms with Crippen molar-refractivity contribution in [2.45, 2.75) is 32.8 Å². The van der Waals surface area contributed by atoms with Gasteiger partial charge in [-0.15, -0.1) is 0 Å². The van der Waals surface area contributed by atoms with Crippen molar-refractivity contribution in [2.24, 2.45) is 5.92 Å². The molecule has 2 aromatic rings. The molecule has 0 aromatic heterocycles. The van der Waals surface area contributed by atoms with Crippen LogP contribution in [-0.2, 0) is 16.0 Å².